The van der Waals surface area contributed by atoms with E-state index in [0.29, 0.717) is 49.8 Å². The average molecular weight is 368 g/mol. The molecule has 2 atom stereocenters. The van der Waals surface area contributed by atoms with E-state index >= 15 is 0 Å². The standard InChI is InChI=1S/C18H22ClNO5/c1-24-15-4-2-12(8-14(15)19)3-5-16(21)20-9-13-10-25-7-6-18(13,11-20)17(22)23/h2,4,8,13H,3,5-7,9-11H2,1H3,(H,22,23)/t13-,18+/m0/s1. The molecule has 0 aromatic heterocycles. The van der Waals surface area contributed by atoms with Crippen LogP contribution in [0.15, 0.2) is 18.2 Å². The van der Waals surface area contributed by atoms with Crippen molar-refractivity contribution >= 4 is 23.5 Å². The highest BCUT2D eigenvalue weighted by Crippen LogP contribution is 2.42. The summed E-state index contributed by atoms with van der Waals surface area (Å²) in [6.45, 7) is 1.58. The van der Waals surface area contributed by atoms with Gasteiger partial charge in [-0.05, 0) is 30.5 Å². The number of hydrogen-bond acceptors (Lipinski definition) is 4. The molecule has 0 radical (unpaired) electrons. The zero-order valence-corrected chi connectivity index (χ0v) is 14.9. The number of amides is 1. The molecule has 0 unspecified atom stereocenters. The normalized spacial score (nSPS) is 25.5. The van der Waals surface area contributed by atoms with Crippen LogP contribution in [0.2, 0.25) is 5.02 Å². The summed E-state index contributed by atoms with van der Waals surface area (Å²) in [7, 11) is 1.55. The quantitative estimate of drug-likeness (QED) is 0.863. The van der Waals surface area contributed by atoms with E-state index in [4.69, 9.17) is 21.1 Å². The number of benzene rings is 1. The molecule has 2 fully saturated rings. The second-order valence-electron chi connectivity index (χ2n) is 6.73. The molecule has 1 aromatic carbocycles. The molecule has 2 saturated heterocycles. The summed E-state index contributed by atoms with van der Waals surface area (Å²) in [6, 6.07) is 5.46. The van der Waals surface area contributed by atoms with Gasteiger partial charge in [0.25, 0.3) is 0 Å². The maximum absolute atomic E-state index is 12.6. The first-order chi connectivity index (χ1) is 12.0. The molecular formula is C18H22ClNO5. The minimum absolute atomic E-state index is 0.0260. The van der Waals surface area contributed by atoms with Gasteiger partial charge in [0.2, 0.25) is 5.91 Å². The highest BCUT2D eigenvalue weighted by molar-refractivity contribution is 6.32. The van der Waals surface area contributed by atoms with Crippen molar-refractivity contribution in [3.05, 3.63) is 28.8 Å². The molecule has 1 aromatic rings. The summed E-state index contributed by atoms with van der Waals surface area (Å²) < 4.78 is 10.5. The highest BCUT2D eigenvalue weighted by Gasteiger charge is 2.54. The van der Waals surface area contributed by atoms with Gasteiger partial charge >= 0.3 is 5.97 Å². The number of carbonyl (C=O) groups excluding carboxylic acids is 1. The number of carboxylic acid groups (broad SMARTS) is 1. The van der Waals surface area contributed by atoms with Gasteiger partial charge in [-0.1, -0.05) is 17.7 Å². The number of methoxy groups -OCH3 is 1. The van der Waals surface area contributed by atoms with Gasteiger partial charge in [-0.15, -0.1) is 0 Å². The summed E-state index contributed by atoms with van der Waals surface area (Å²) >= 11 is 6.11. The monoisotopic (exact) mass is 367 g/mol. The first-order valence-corrected chi connectivity index (χ1v) is 8.75. The molecule has 0 spiro atoms. The van der Waals surface area contributed by atoms with E-state index in [1.807, 2.05) is 6.07 Å². The lowest BCUT2D eigenvalue weighted by Crippen LogP contribution is -2.45. The largest absolute Gasteiger partial charge is 0.495 e. The third kappa shape index (κ3) is 3.46. The molecule has 136 valence electrons. The lowest BCUT2D eigenvalue weighted by molar-refractivity contribution is -0.157. The summed E-state index contributed by atoms with van der Waals surface area (Å²) in [5, 5.41) is 10.2. The molecule has 6 nitrogen and oxygen atoms in total. The Balaban J connectivity index is 1.62. The second kappa shape index (κ2) is 7.22. The maximum atomic E-state index is 12.6. The van der Waals surface area contributed by atoms with Crippen LogP contribution in [0.3, 0.4) is 0 Å². The number of aliphatic carboxylic acids is 1. The van der Waals surface area contributed by atoms with Gasteiger partial charge in [0.1, 0.15) is 5.75 Å². The van der Waals surface area contributed by atoms with Crippen molar-refractivity contribution in [1.29, 1.82) is 0 Å². The third-order valence-electron chi connectivity index (χ3n) is 5.33. The molecule has 3 rings (SSSR count). The topological polar surface area (TPSA) is 76.1 Å². The minimum atomic E-state index is -0.850. The molecule has 7 heteroatoms. The van der Waals surface area contributed by atoms with Gasteiger partial charge < -0.3 is 19.5 Å². The smallest absolute Gasteiger partial charge is 0.311 e. The molecule has 1 N–H and O–H groups in total. The van der Waals surface area contributed by atoms with E-state index in [1.54, 1.807) is 24.1 Å². The van der Waals surface area contributed by atoms with Gasteiger partial charge in [0.15, 0.2) is 0 Å². The Hall–Kier alpha value is -1.79. The van der Waals surface area contributed by atoms with E-state index in [2.05, 4.69) is 0 Å². The number of rotatable bonds is 5. The Morgan fingerprint density at radius 3 is 2.92 bits per heavy atom. The van der Waals surface area contributed by atoms with Crippen molar-refractivity contribution in [2.24, 2.45) is 11.3 Å². The Bertz CT molecular complexity index is 679. The van der Waals surface area contributed by atoms with Crippen LogP contribution in [0, 0.1) is 11.3 Å². The molecular weight excluding hydrogens is 346 g/mol. The Morgan fingerprint density at radius 2 is 2.28 bits per heavy atom. The molecule has 0 saturated carbocycles. The highest BCUT2D eigenvalue weighted by atomic mass is 35.5. The number of halogens is 1. The van der Waals surface area contributed by atoms with Crippen LogP contribution in [-0.4, -0.2) is 55.3 Å². The van der Waals surface area contributed by atoms with Crippen molar-refractivity contribution in [1.82, 2.24) is 4.90 Å². The molecule has 25 heavy (non-hydrogen) atoms. The van der Waals surface area contributed by atoms with Gasteiger partial charge in [0, 0.05) is 32.0 Å². The number of carboxylic acids is 1. The Labute approximate surface area is 151 Å². The fourth-order valence-corrected chi connectivity index (χ4v) is 4.04. The van der Waals surface area contributed by atoms with E-state index in [-0.39, 0.29) is 18.4 Å². The minimum Gasteiger partial charge on any atom is -0.495 e. The summed E-state index contributed by atoms with van der Waals surface area (Å²) in [4.78, 5) is 26.0. The zero-order valence-electron chi connectivity index (χ0n) is 14.2. The lowest BCUT2D eigenvalue weighted by Gasteiger charge is -2.33. The van der Waals surface area contributed by atoms with Gasteiger partial charge in [0.05, 0.1) is 24.2 Å². The van der Waals surface area contributed by atoms with Crippen molar-refractivity contribution in [2.75, 3.05) is 33.4 Å². The van der Waals surface area contributed by atoms with Crippen molar-refractivity contribution in [3.8, 4) is 5.75 Å². The van der Waals surface area contributed by atoms with Crippen molar-refractivity contribution in [3.63, 3.8) is 0 Å². The van der Waals surface area contributed by atoms with Crippen LogP contribution < -0.4 is 4.74 Å². The van der Waals surface area contributed by atoms with Crippen LogP contribution in [0.1, 0.15) is 18.4 Å². The van der Waals surface area contributed by atoms with Crippen LogP contribution in [-0.2, 0) is 20.7 Å². The van der Waals surface area contributed by atoms with Crippen LogP contribution in [0.4, 0.5) is 0 Å². The summed E-state index contributed by atoms with van der Waals surface area (Å²) in [5.41, 5.74) is 0.101. The fourth-order valence-electron chi connectivity index (χ4n) is 3.76. The Kier molecular flexibility index (Phi) is 5.20. The number of ether oxygens (including phenoxy) is 2. The van der Waals surface area contributed by atoms with Crippen LogP contribution in [0.5, 0.6) is 5.75 Å². The van der Waals surface area contributed by atoms with Gasteiger partial charge in [-0.3, -0.25) is 9.59 Å². The van der Waals surface area contributed by atoms with Gasteiger partial charge in [-0.2, -0.15) is 0 Å². The molecule has 2 aliphatic heterocycles. The van der Waals surface area contributed by atoms with E-state index in [9.17, 15) is 14.7 Å². The summed E-state index contributed by atoms with van der Waals surface area (Å²) in [6.07, 6.45) is 1.34. The first kappa shape index (κ1) is 18.0. The van der Waals surface area contributed by atoms with Crippen LogP contribution >= 0.6 is 11.6 Å². The maximum Gasteiger partial charge on any atom is 0.311 e. The zero-order chi connectivity index (χ0) is 18.0. The Morgan fingerprint density at radius 1 is 1.48 bits per heavy atom. The SMILES string of the molecule is COc1ccc(CCC(=O)N2C[C@H]3COCC[C@@]3(C(=O)O)C2)cc1Cl. The second-order valence-corrected chi connectivity index (χ2v) is 7.13. The van der Waals surface area contributed by atoms with Gasteiger partial charge in [-0.25, -0.2) is 0 Å². The van der Waals surface area contributed by atoms with Crippen molar-refractivity contribution < 1.29 is 24.2 Å². The third-order valence-corrected chi connectivity index (χ3v) is 5.62. The summed E-state index contributed by atoms with van der Waals surface area (Å²) in [5.74, 6) is -0.373. The molecule has 2 heterocycles. The first-order valence-electron chi connectivity index (χ1n) is 8.37. The molecule has 1 amide bonds. The number of aryl methyl sites for hydroxylation is 1. The molecule has 0 bridgehead atoms. The van der Waals surface area contributed by atoms with E-state index < -0.39 is 11.4 Å². The average Bonchev–Trinajstić information content (AvgIpc) is 3.01. The van der Waals surface area contributed by atoms with Crippen molar-refractivity contribution in [2.45, 2.75) is 19.3 Å². The lowest BCUT2D eigenvalue weighted by atomic mass is 9.74. The predicted octanol–water partition coefficient (Wildman–Crippen LogP) is 2.23. The number of fused-ring (bicyclic) bond motifs is 1. The fraction of sp³-hybridized carbons (Fsp3) is 0.556. The van der Waals surface area contributed by atoms with E-state index in [1.165, 1.54) is 0 Å². The number of hydrogen-bond donors (Lipinski definition) is 1. The number of likely N-dealkylation sites (tertiary alicyclic amines) is 1. The number of carbonyl (C=O) groups is 2. The van der Waals surface area contributed by atoms with Crippen LogP contribution in [0.25, 0.3) is 0 Å². The number of nitrogens with zero attached hydrogens (tertiary/aromatic N) is 1. The van der Waals surface area contributed by atoms with E-state index in [0.717, 1.165) is 5.56 Å². The predicted molar refractivity (Wildman–Crippen MR) is 91.9 cm³/mol. The molecule has 0 aliphatic carbocycles. The molecule has 2 aliphatic rings.